The molecule has 0 spiro atoms. The fourth-order valence-electron chi connectivity index (χ4n) is 3.07. The van der Waals surface area contributed by atoms with E-state index in [1.165, 1.54) is 12.1 Å². The Balaban J connectivity index is 1.83. The summed E-state index contributed by atoms with van der Waals surface area (Å²) in [5.41, 5.74) is 6.15. The monoisotopic (exact) mass is 323 g/mol. The highest BCUT2D eigenvalue weighted by Crippen LogP contribution is 2.19. The zero-order valence-electron chi connectivity index (χ0n) is 13.5. The number of aliphatic hydroxyl groups is 1. The number of hydrogen-bond acceptors (Lipinski definition) is 4. The van der Waals surface area contributed by atoms with Gasteiger partial charge < -0.3 is 21.1 Å². The number of rotatable bonds is 7. The Morgan fingerprint density at radius 2 is 2.00 bits per heavy atom. The first-order valence-corrected chi connectivity index (χ1v) is 8.14. The zero-order valence-corrected chi connectivity index (χ0v) is 13.5. The molecule has 0 radical (unpaired) electrons. The molecule has 0 saturated carbocycles. The Morgan fingerprint density at radius 3 is 2.52 bits per heavy atom. The average molecular weight is 323 g/mol. The lowest BCUT2D eigenvalue weighted by Gasteiger charge is -2.33. The van der Waals surface area contributed by atoms with Crippen LogP contribution in [0.3, 0.4) is 0 Å². The molecule has 2 rings (SSSR count). The minimum Gasteiger partial charge on any atom is -0.392 e. The number of halogens is 1. The maximum absolute atomic E-state index is 13.0. The second kappa shape index (κ2) is 8.38. The second-order valence-corrected chi connectivity index (χ2v) is 6.39. The molecular formula is C17H26FN3O2. The average Bonchev–Trinajstić information content (AvgIpc) is 2.50. The predicted octanol–water partition coefficient (Wildman–Crippen LogP) is 1.03. The molecule has 1 saturated heterocycles. The van der Waals surface area contributed by atoms with E-state index in [4.69, 9.17) is 5.73 Å². The quantitative estimate of drug-likeness (QED) is 0.700. The third kappa shape index (κ3) is 5.57. The van der Waals surface area contributed by atoms with E-state index < -0.39 is 11.9 Å². The van der Waals surface area contributed by atoms with E-state index in [2.05, 4.69) is 10.2 Å². The molecule has 128 valence electrons. The van der Waals surface area contributed by atoms with Gasteiger partial charge in [-0.2, -0.15) is 0 Å². The van der Waals surface area contributed by atoms with E-state index in [-0.39, 0.29) is 11.9 Å². The lowest BCUT2D eigenvalue weighted by molar-refractivity contribution is -0.120. The van der Waals surface area contributed by atoms with Gasteiger partial charge in [0, 0.05) is 6.54 Å². The summed E-state index contributed by atoms with van der Waals surface area (Å²) in [6, 6.07) is 5.25. The highest BCUT2D eigenvalue weighted by Gasteiger charge is 2.23. The van der Waals surface area contributed by atoms with Crippen LogP contribution >= 0.6 is 0 Å². The molecule has 1 fully saturated rings. The Hall–Kier alpha value is -1.50. The number of hydrogen-bond donors (Lipinski definition) is 3. The summed E-state index contributed by atoms with van der Waals surface area (Å²) in [6.07, 6.45) is 1.74. The van der Waals surface area contributed by atoms with Gasteiger partial charge in [0.05, 0.1) is 6.10 Å². The van der Waals surface area contributed by atoms with Crippen LogP contribution in [-0.4, -0.2) is 48.2 Å². The minimum atomic E-state index is -0.592. The number of likely N-dealkylation sites (tertiary alicyclic amines) is 1. The SMILES string of the molecule is CC(O)CN1CCC(CNC(C(N)=O)c2ccc(F)cc2)CC1. The molecule has 4 N–H and O–H groups in total. The van der Waals surface area contributed by atoms with E-state index in [1.54, 1.807) is 19.1 Å². The number of nitrogens with one attached hydrogen (secondary N) is 1. The smallest absolute Gasteiger partial charge is 0.239 e. The molecule has 23 heavy (non-hydrogen) atoms. The largest absolute Gasteiger partial charge is 0.392 e. The summed E-state index contributed by atoms with van der Waals surface area (Å²) in [7, 11) is 0. The molecule has 1 amide bonds. The summed E-state index contributed by atoms with van der Waals surface area (Å²) in [5.74, 6) is -0.312. The van der Waals surface area contributed by atoms with Gasteiger partial charge >= 0.3 is 0 Å². The number of nitrogens with two attached hydrogens (primary N) is 1. The maximum atomic E-state index is 13.0. The Kier molecular flexibility index (Phi) is 6.50. The Labute approximate surface area is 136 Å². The van der Waals surface area contributed by atoms with Crippen molar-refractivity contribution in [1.82, 2.24) is 10.2 Å². The van der Waals surface area contributed by atoms with Gasteiger partial charge in [0.1, 0.15) is 11.9 Å². The number of amides is 1. The molecule has 2 atom stereocenters. The van der Waals surface area contributed by atoms with Crippen molar-refractivity contribution in [2.75, 3.05) is 26.2 Å². The van der Waals surface area contributed by atoms with Crippen molar-refractivity contribution < 1.29 is 14.3 Å². The molecule has 1 heterocycles. The van der Waals surface area contributed by atoms with Crippen LogP contribution in [0.1, 0.15) is 31.4 Å². The summed E-state index contributed by atoms with van der Waals surface area (Å²) in [5, 5.41) is 12.6. The first-order valence-electron chi connectivity index (χ1n) is 8.14. The van der Waals surface area contributed by atoms with Crippen LogP contribution in [0, 0.1) is 11.7 Å². The molecule has 0 aliphatic carbocycles. The second-order valence-electron chi connectivity index (χ2n) is 6.39. The molecule has 0 aromatic heterocycles. The minimum absolute atomic E-state index is 0.303. The lowest BCUT2D eigenvalue weighted by Crippen LogP contribution is -2.42. The normalized spacial score (nSPS) is 19.4. The highest BCUT2D eigenvalue weighted by molar-refractivity contribution is 5.81. The van der Waals surface area contributed by atoms with Crippen LogP contribution < -0.4 is 11.1 Å². The molecule has 5 nitrogen and oxygen atoms in total. The number of aliphatic hydroxyl groups excluding tert-OH is 1. The topological polar surface area (TPSA) is 78.6 Å². The number of piperidine rings is 1. The van der Waals surface area contributed by atoms with Crippen molar-refractivity contribution in [3.8, 4) is 0 Å². The summed E-state index contributed by atoms with van der Waals surface area (Å²) in [6.45, 7) is 5.12. The number of primary amides is 1. The maximum Gasteiger partial charge on any atom is 0.239 e. The number of carbonyl (C=O) groups excluding carboxylic acids is 1. The molecule has 2 unspecified atom stereocenters. The molecule has 6 heteroatoms. The number of benzene rings is 1. The van der Waals surface area contributed by atoms with E-state index in [0.717, 1.165) is 25.9 Å². The van der Waals surface area contributed by atoms with E-state index in [9.17, 15) is 14.3 Å². The fraction of sp³-hybridized carbons (Fsp3) is 0.588. The van der Waals surface area contributed by atoms with Crippen molar-refractivity contribution in [2.45, 2.75) is 31.9 Å². The molecule has 1 aliphatic rings. The van der Waals surface area contributed by atoms with Crippen molar-refractivity contribution in [3.63, 3.8) is 0 Å². The van der Waals surface area contributed by atoms with E-state index in [1.807, 2.05) is 0 Å². The lowest BCUT2D eigenvalue weighted by atomic mass is 9.95. The molecule has 1 aromatic rings. The van der Waals surface area contributed by atoms with Crippen molar-refractivity contribution in [2.24, 2.45) is 11.7 Å². The van der Waals surface area contributed by atoms with E-state index in [0.29, 0.717) is 24.6 Å². The van der Waals surface area contributed by atoms with Crippen LogP contribution in [0.15, 0.2) is 24.3 Å². The predicted molar refractivity (Wildman–Crippen MR) is 87.2 cm³/mol. The third-order valence-electron chi connectivity index (χ3n) is 4.33. The number of β-amino-alcohol motifs (C(OH)–C–C–N with tert-alkyl or cyclic N) is 1. The first kappa shape index (κ1) is 17.8. The summed E-state index contributed by atoms with van der Waals surface area (Å²) in [4.78, 5) is 13.9. The first-order chi connectivity index (χ1) is 11.0. The van der Waals surface area contributed by atoms with Crippen LogP contribution in [0.5, 0.6) is 0 Å². The van der Waals surface area contributed by atoms with Gasteiger partial charge in [-0.1, -0.05) is 12.1 Å². The molecule has 1 aliphatic heterocycles. The highest BCUT2D eigenvalue weighted by atomic mass is 19.1. The third-order valence-corrected chi connectivity index (χ3v) is 4.33. The summed E-state index contributed by atoms with van der Waals surface area (Å²) < 4.78 is 13.0. The molecule has 1 aromatic carbocycles. The van der Waals surface area contributed by atoms with Gasteiger partial charge in [-0.15, -0.1) is 0 Å². The number of nitrogens with zero attached hydrogens (tertiary/aromatic N) is 1. The van der Waals surface area contributed by atoms with Gasteiger partial charge in [-0.25, -0.2) is 4.39 Å². The Bertz CT molecular complexity index is 499. The van der Waals surface area contributed by atoms with Gasteiger partial charge in [0.15, 0.2) is 0 Å². The van der Waals surface area contributed by atoms with Crippen LogP contribution in [0.4, 0.5) is 4.39 Å². The number of carbonyl (C=O) groups is 1. The van der Waals surface area contributed by atoms with Gasteiger partial charge in [0.2, 0.25) is 5.91 Å². The van der Waals surface area contributed by atoms with Gasteiger partial charge in [0.25, 0.3) is 0 Å². The van der Waals surface area contributed by atoms with Crippen molar-refractivity contribution >= 4 is 5.91 Å². The van der Waals surface area contributed by atoms with E-state index >= 15 is 0 Å². The van der Waals surface area contributed by atoms with Crippen LogP contribution in [0.2, 0.25) is 0 Å². The van der Waals surface area contributed by atoms with Gasteiger partial charge in [-0.05, 0) is 63.0 Å². The van der Waals surface area contributed by atoms with Crippen LogP contribution in [-0.2, 0) is 4.79 Å². The summed E-state index contributed by atoms with van der Waals surface area (Å²) >= 11 is 0. The van der Waals surface area contributed by atoms with Gasteiger partial charge in [-0.3, -0.25) is 4.79 Å². The van der Waals surface area contributed by atoms with Crippen molar-refractivity contribution in [3.05, 3.63) is 35.6 Å². The van der Waals surface area contributed by atoms with Crippen molar-refractivity contribution in [1.29, 1.82) is 0 Å². The Morgan fingerprint density at radius 1 is 1.39 bits per heavy atom. The van der Waals surface area contributed by atoms with Crippen LogP contribution in [0.25, 0.3) is 0 Å². The standard InChI is InChI=1S/C17H26FN3O2/c1-12(22)11-21-8-6-13(7-9-21)10-20-16(17(19)23)14-2-4-15(18)5-3-14/h2-5,12-13,16,20,22H,6-11H2,1H3,(H2,19,23). The molecule has 0 bridgehead atoms. The zero-order chi connectivity index (χ0) is 16.8. The fourth-order valence-corrected chi connectivity index (χ4v) is 3.07. The molecular weight excluding hydrogens is 297 g/mol.